The lowest BCUT2D eigenvalue weighted by atomic mass is 10.1. The number of rotatable bonds is 4. The van der Waals surface area contributed by atoms with Gasteiger partial charge in [-0.05, 0) is 0 Å². The number of hydrogen-bond acceptors (Lipinski definition) is 4. The first-order chi connectivity index (χ1) is 9.91. The number of halogens is 1. The normalized spacial score (nSPS) is 12.1. The van der Waals surface area contributed by atoms with Gasteiger partial charge in [0.1, 0.15) is 5.15 Å². The number of aromatic hydroxyl groups is 1. The fourth-order valence-corrected chi connectivity index (χ4v) is 2.03. The van der Waals surface area contributed by atoms with Crippen LogP contribution in [0.3, 0.4) is 0 Å². The Morgan fingerprint density at radius 2 is 1.95 bits per heavy atom. The number of pyridine rings is 1. The van der Waals surface area contributed by atoms with Gasteiger partial charge in [-0.2, -0.15) is 0 Å². The maximum Gasteiger partial charge on any atom is 0.308 e. The number of amides is 1. The smallest absolute Gasteiger partial charge is 0.308 e. The monoisotopic (exact) mass is 308 g/mol. The van der Waals surface area contributed by atoms with Crippen molar-refractivity contribution < 1.29 is 19.8 Å². The molecule has 21 heavy (non-hydrogen) atoms. The van der Waals surface area contributed by atoms with Gasteiger partial charge >= 0.3 is 5.97 Å². The van der Waals surface area contributed by atoms with E-state index in [9.17, 15) is 14.7 Å². The molecule has 0 bridgehead atoms. The molecular formula is C14H13ClN2O4. The summed E-state index contributed by atoms with van der Waals surface area (Å²) in [5.41, 5.74) is -0.226. The molecule has 2 rings (SSSR count). The SMILES string of the molecule is CC(CNC(=O)c1nc(Cl)c2ccccc2c1O)C(=O)O. The molecule has 1 aromatic heterocycles. The number of carboxylic acid groups (broad SMARTS) is 1. The van der Waals surface area contributed by atoms with Crippen LogP contribution in [0.15, 0.2) is 24.3 Å². The predicted molar refractivity (Wildman–Crippen MR) is 77.6 cm³/mol. The van der Waals surface area contributed by atoms with Gasteiger partial charge in [0.05, 0.1) is 5.92 Å². The molecule has 0 fully saturated rings. The van der Waals surface area contributed by atoms with Crippen LogP contribution in [0.1, 0.15) is 17.4 Å². The minimum Gasteiger partial charge on any atom is -0.505 e. The highest BCUT2D eigenvalue weighted by molar-refractivity contribution is 6.34. The highest BCUT2D eigenvalue weighted by atomic mass is 35.5. The van der Waals surface area contributed by atoms with Gasteiger partial charge in [0, 0.05) is 17.3 Å². The Labute approximate surface area is 125 Å². The largest absolute Gasteiger partial charge is 0.505 e. The molecule has 1 unspecified atom stereocenters. The highest BCUT2D eigenvalue weighted by Crippen LogP contribution is 2.31. The summed E-state index contributed by atoms with van der Waals surface area (Å²) < 4.78 is 0. The summed E-state index contributed by atoms with van der Waals surface area (Å²) in [5, 5.41) is 22.3. The Balaban J connectivity index is 2.32. The van der Waals surface area contributed by atoms with Crippen LogP contribution in [-0.2, 0) is 4.79 Å². The van der Waals surface area contributed by atoms with E-state index in [1.54, 1.807) is 24.3 Å². The predicted octanol–water partition coefficient (Wildman–Crippen LogP) is 2.04. The van der Waals surface area contributed by atoms with Gasteiger partial charge < -0.3 is 15.5 Å². The van der Waals surface area contributed by atoms with Crippen LogP contribution in [0, 0.1) is 5.92 Å². The van der Waals surface area contributed by atoms with Gasteiger partial charge in [0.15, 0.2) is 11.4 Å². The molecule has 0 aliphatic carbocycles. The third kappa shape index (κ3) is 3.05. The second-order valence-corrected chi connectivity index (χ2v) is 4.95. The number of carbonyl (C=O) groups is 2. The number of nitrogens with zero attached hydrogens (tertiary/aromatic N) is 1. The van der Waals surface area contributed by atoms with E-state index in [4.69, 9.17) is 16.7 Å². The first-order valence-corrected chi connectivity index (χ1v) is 6.57. The molecule has 3 N–H and O–H groups in total. The van der Waals surface area contributed by atoms with Crippen molar-refractivity contribution in [3.8, 4) is 5.75 Å². The van der Waals surface area contributed by atoms with Crippen LogP contribution in [0.2, 0.25) is 5.15 Å². The summed E-state index contributed by atoms with van der Waals surface area (Å²) in [4.78, 5) is 26.6. The molecule has 1 amide bonds. The summed E-state index contributed by atoms with van der Waals surface area (Å²) in [6.07, 6.45) is 0. The number of fused-ring (bicyclic) bond motifs is 1. The molecule has 1 aromatic carbocycles. The second-order valence-electron chi connectivity index (χ2n) is 4.59. The van der Waals surface area contributed by atoms with Crippen LogP contribution in [0.4, 0.5) is 0 Å². The van der Waals surface area contributed by atoms with Crippen LogP contribution < -0.4 is 5.32 Å². The Morgan fingerprint density at radius 3 is 2.57 bits per heavy atom. The van der Waals surface area contributed by atoms with Gasteiger partial charge in [0.25, 0.3) is 5.91 Å². The van der Waals surface area contributed by atoms with E-state index in [2.05, 4.69) is 10.3 Å². The zero-order valence-electron chi connectivity index (χ0n) is 11.1. The third-order valence-corrected chi connectivity index (χ3v) is 3.33. The van der Waals surface area contributed by atoms with Crippen LogP contribution in [0.5, 0.6) is 5.75 Å². The van der Waals surface area contributed by atoms with Crippen LogP contribution in [0.25, 0.3) is 10.8 Å². The van der Waals surface area contributed by atoms with Crippen molar-refractivity contribution in [1.82, 2.24) is 10.3 Å². The van der Waals surface area contributed by atoms with Gasteiger partial charge in [-0.1, -0.05) is 42.8 Å². The van der Waals surface area contributed by atoms with Gasteiger partial charge in [-0.3, -0.25) is 9.59 Å². The average molecular weight is 309 g/mol. The van der Waals surface area contributed by atoms with Crippen molar-refractivity contribution >= 4 is 34.2 Å². The summed E-state index contributed by atoms with van der Waals surface area (Å²) >= 11 is 6.00. The fraction of sp³-hybridized carbons (Fsp3) is 0.214. The zero-order chi connectivity index (χ0) is 15.6. The minimum absolute atomic E-state index is 0.0697. The maximum atomic E-state index is 12.0. The number of hydrogen-bond donors (Lipinski definition) is 3. The van der Waals surface area contributed by atoms with E-state index < -0.39 is 17.8 Å². The maximum absolute atomic E-state index is 12.0. The van der Waals surface area contributed by atoms with Crippen molar-refractivity contribution in [3.63, 3.8) is 0 Å². The summed E-state index contributed by atoms with van der Waals surface area (Å²) in [7, 11) is 0. The van der Waals surface area contributed by atoms with Crippen LogP contribution in [-0.4, -0.2) is 33.6 Å². The number of aliphatic carboxylic acids is 1. The van der Waals surface area contributed by atoms with E-state index in [-0.39, 0.29) is 23.1 Å². The van der Waals surface area contributed by atoms with Crippen LogP contribution >= 0.6 is 11.6 Å². The molecule has 0 aliphatic rings. The lowest BCUT2D eigenvalue weighted by Crippen LogP contribution is -2.32. The second kappa shape index (κ2) is 5.97. The Kier molecular flexibility index (Phi) is 4.28. The Hall–Kier alpha value is -2.34. The fourth-order valence-electron chi connectivity index (χ4n) is 1.78. The molecule has 0 radical (unpaired) electrons. The van der Waals surface area contributed by atoms with E-state index in [1.165, 1.54) is 6.92 Å². The number of carbonyl (C=O) groups excluding carboxylic acids is 1. The molecule has 0 aliphatic heterocycles. The zero-order valence-corrected chi connectivity index (χ0v) is 11.9. The molecule has 0 spiro atoms. The average Bonchev–Trinajstić information content (AvgIpc) is 2.48. The first kappa shape index (κ1) is 15.1. The number of benzene rings is 1. The molecule has 6 nitrogen and oxygen atoms in total. The lowest BCUT2D eigenvalue weighted by Gasteiger charge is -2.11. The standard InChI is InChI=1S/C14H13ClN2O4/c1-7(14(20)21)6-16-13(19)10-11(18)8-4-2-3-5-9(8)12(15)17-10/h2-5,7,18H,6H2,1H3,(H,16,19)(H,20,21). The Morgan fingerprint density at radius 1 is 1.33 bits per heavy atom. The summed E-state index contributed by atoms with van der Waals surface area (Å²) in [5.74, 6) is -2.72. The molecule has 2 aromatic rings. The van der Waals surface area contributed by atoms with E-state index in [1.807, 2.05) is 0 Å². The first-order valence-electron chi connectivity index (χ1n) is 6.20. The highest BCUT2D eigenvalue weighted by Gasteiger charge is 2.19. The van der Waals surface area contributed by atoms with Crippen molar-refractivity contribution in [2.75, 3.05) is 6.54 Å². The molecule has 0 saturated carbocycles. The molecule has 0 saturated heterocycles. The molecule has 1 atom stereocenters. The molecular weight excluding hydrogens is 296 g/mol. The minimum atomic E-state index is -1.02. The third-order valence-electron chi connectivity index (χ3n) is 3.04. The molecule has 7 heteroatoms. The van der Waals surface area contributed by atoms with Crippen molar-refractivity contribution in [2.45, 2.75) is 6.92 Å². The lowest BCUT2D eigenvalue weighted by molar-refractivity contribution is -0.140. The van der Waals surface area contributed by atoms with Gasteiger partial charge in [-0.15, -0.1) is 0 Å². The van der Waals surface area contributed by atoms with Crippen molar-refractivity contribution in [3.05, 3.63) is 35.1 Å². The van der Waals surface area contributed by atoms with E-state index >= 15 is 0 Å². The summed E-state index contributed by atoms with van der Waals surface area (Å²) in [6, 6.07) is 6.74. The summed E-state index contributed by atoms with van der Waals surface area (Å²) in [6.45, 7) is 1.39. The van der Waals surface area contributed by atoms with E-state index in [0.29, 0.717) is 10.8 Å². The van der Waals surface area contributed by atoms with Crippen molar-refractivity contribution in [2.24, 2.45) is 5.92 Å². The number of carboxylic acids is 1. The van der Waals surface area contributed by atoms with Gasteiger partial charge in [-0.25, -0.2) is 4.98 Å². The van der Waals surface area contributed by atoms with Crippen molar-refractivity contribution in [1.29, 1.82) is 0 Å². The molecule has 1 heterocycles. The Bertz CT molecular complexity index is 717. The number of aromatic nitrogens is 1. The van der Waals surface area contributed by atoms with Gasteiger partial charge in [0.2, 0.25) is 0 Å². The topological polar surface area (TPSA) is 99.5 Å². The molecule has 110 valence electrons. The quantitative estimate of drug-likeness (QED) is 0.751. The van der Waals surface area contributed by atoms with E-state index in [0.717, 1.165) is 0 Å². The number of nitrogens with one attached hydrogen (secondary N) is 1.